The van der Waals surface area contributed by atoms with Crippen LogP contribution in [0.5, 0.6) is 0 Å². The largest absolute Gasteiger partial charge is 0.466 e. The number of hydrogen-bond donors (Lipinski definition) is 3. The summed E-state index contributed by atoms with van der Waals surface area (Å²) in [5.41, 5.74) is 0. The summed E-state index contributed by atoms with van der Waals surface area (Å²) in [5, 5.41) is 23.2. The van der Waals surface area contributed by atoms with Gasteiger partial charge in [0.25, 0.3) is 0 Å². The van der Waals surface area contributed by atoms with Crippen LogP contribution in [0.15, 0.2) is 12.2 Å². The number of unbranched alkanes of at least 4 members (excludes halogenated alkanes) is 37. The predicted octanol–water partition coefficient (Wildman–Crippen LogP) is 16.1. The number of allylic oxidation sites excluding steroid dienone is 2. The lowest BCUT2D eigenvalue weighted by Gasteiger charge is -2.22. The van der Waals surface area contributed by atoms with E-state index in [4.69, 9.17) is 4.74 Å². The molecule has 0 heterocycles. The Labute approximate surface area is 374 Å². The van der Waals surface area contributed by atoms with Crippen LogP contribution in [0.25, 0.3) is 0 Å². The molecular formula is C54H105NO5. The number of aliphatic hydroxyl groups is 2. The van der Waals surface area contributed by atoms with Gasteiger partial charge in [-0.15, -0.1) is 0 Å². The molecule has 0 aromatic heterocycles. The first kappa shape index (κ1) is 58.6. The molecule has 0 aromatic rings. The molecule has 0 rings (SSSR count). The lowest BCUT2D eigenvalue weighted by molar-refractivity contribution is -0.143. The molecule has 0 saturated heterocycles. The number of hydrogen-bond acceptors (Lipinski definition) is 5. The topological polar surface area (TPSA) is 95.9 Å². The highest BCUT2D eigenvalue weighted by Gasteiger charge is 2.20. The number of carbonyl (C=O) groups is 2. The van der Waals surface area contributed by atoms with Crippen LogP contribution in [0.2, 0.25) is 0 Å². The van der Waals surface area contributed by atoms with Gasteiger partial charge in [-0.3, -0.25) is 9.59 Å². The van der Waals surface area contributed by atoms with Crippen LogP contribution in [0.1, 0.15) is 296 Å². The second-order valence-electron chi connectivity index (χ2n) is 18.6. The van der Waals surface area contributed by atoms with Crippen LogP contribution >= 0.6 is 0 Å². The molecule has 6 heteroatoms. The van der Waals surface area contributed by atoms with Crippen molar-refractivity contribution in [2.45, 2.75) is 309 Å². The SMILES string of the molecule is CCCCCCCCC/C=C\CCCCCCCC(=O)OCCCCCCCCCCCCCC(=O)NC(CO)C(O)CCCCCCCCCCCCCCCCCC. The number of esters is 1. The quantitative estimate of drug-likeness (QED) is 0.0322. The molecule has 2 atom stereocenters. The summed E-state index contributed by atoms with van der Waals surface area (Å²) in [7, 11) is 0. The minimum atomic E-state index is -0.676. The van der Waals surface area contributed by atoms with Crippen molar-refractivity contribution in [1.29, 1.82) is 0 Å². The predicted molar refractivity (Wildman–Crippen MR) is 260 cm³/mol. The van der Waals surface area contributed by atoms with E-state index in [0.717, 1.165) is 57.8 Å². The van der Waals surface area contributed by atoms with Crippen LogP contribution in [0.3, 0.4) is 0 Å². The molecule has 1 amide bonds. The maximum Gasteiger partial charge on any atom is 0.305 e. The third-order valence-electron chi connectivity index (χ3n) is 12.6. The van der Waals surface area contributed by atoms with Gasteiger partial charge in [0, 0.05) is 12.8 Å². The Balaban J connectivity index is 3.46. The van der Waals surface area contributed by atoms with E-state index >= 15 is 0 Å². The van der Waals surface area contributed by atoms with Crippen LogP contribution in [0, 0.1) is 0 Å². The molecule has 6 nitrogen and oxygen atoms in total. The van der Waals surface area contributed by atoms with E-state index in [9.17, 15) is 19.8 Å². The molecule has 0 aliphatic heterocycles. The highest BCUT2D eigenvalue weighted by atomic mass is 16.5. The molecule has 0 bridgehead atoms. The van der Waals surface area contributed by atoms with E-state index in [-0.39, 0.29) is 18.5 Å². The fraction of sp³-hybridized carbons (Fsp3) is 0.926. The van der Waals surface area contributed by atoms with E-state index in [1.807, 2.05) is 0 Å². The van der Waals surface area contributed by atoms with E-state index in [1.54, 1.807) is 0 Å². The van der Waals surface area contributed by atoms with Gasteiger partial charge in [0.1, 0.15) is 0 Å². The lowest BCUT2D eigenvalue weighted by Crippen LogP contribution is -2.45. The van der Waals surface area contributed by atoms with Crippen molar-refractivity contribution in [3.8, 4) is 0 Å². The Bertz CT molecular complexity index is 893. The second-order valence-corrected chi connectivity index (χ2v) is 18.6. The summed E-state index contributed by atoms with van der Waals surface area (Å²) in [4.78, 5) is 24.5. The van der Waals surface area contributed by atoms with Gasteiger partial charge >= 0.3 is 5.97 Å². The van der Waals surface area contributed by atoms with Gasteiger partial charge in [-0.05, 0) is 51.4 Å². The van der Waals surface area contributed by atoms with Gasteiger partial charge in [0.2, 0.25) is 5.91 Å². The van der Waals surface area contributed by atoms with Crippen molar-refractivity contribution in [2.75, 3.05) is 13.2 Å². The minimum Gasteiger partial charge on any atom is -0.466 e. The maximum atomic E-state index is 12.5. The molecule has 0 saturated carbocycles. The van der Waals surface area contributed by atoms with Crippen molar-refractivity contribution < 1.29 is 24.5 Å². The van der Waals surface area contributed by atoms with E-state index in [2.05, 4.69) is 31.3 Å². The molecule has 60 heavy (non-hydrogen) atoms. The third kappa shape index (κ3) is 46.1. The van der Waals surface area contributed by atoms with E-state index < -0.39 is 12.1 Å². The first-order chi connectivity index (χ1) is 29.5. The highest BCUT2D eigenvalue weighted by Crippen LogP contribution is 2.17. The normalized spacial score (nSPS) is 12.7. The number of amides is 1. The zero-order valence-electron chi connectivity index (χ0n) is 40.5. The molecule has 0 radical (unpaired) electrons. The number of rotatable bonds is 50. The van der Waals surface area contributed by atoms with Gasteiger partial charge in [-0.2, -0.15) is 0 Å². The zero-order chi connectivity index (χ0) is 43.7. The Morgan fingerprint density at radius 2 is 0.783 bits per heavy atom. The molecule has 0 aromatic carbocycles. The fourth-order valence-electron chi connectivity index (χ4n) is 8.40. The molecule has 3 N–H and O–H groups in total. The van der Waals surface area contributed by atoms with Crippen LogP contribution in [-0.4, -0.2) is 47.4 Å². The van der Waals surface area contributed by atoms with Crippen molar-refractivity contribution in [3.63, 3.8) is 0 Å². The summed E-state index contributed by atoms with van der Waals surface area (Å²) in [5.74, 6) is -0.0728. The van der Waals surface area contributed by atoms with Crippen LogP contribution < -0.4 is 5.32 Å². The summed E-state index contributed by atoms with van der Waals surface area (Å²) in [6, 6.07) is -0.555. The van der Waals surface area contributed by atoms with Crippen molar-refractivity contribution >= 4 is 11.9 Å². The molecule has 0 spiro atoms. The molecule has 2 unspecified atom stereocenters. The summed E-state index contributed by atoms with van der Waals surface area (Å²) < 4.78 is 5.46. The Hall–Kier alpha value is -1.40. The van der Waals surface area contributed by atoms with Gasteiger partial charge in [-0.25, -0.2) is 0 Å². The minimum absolute atomic E-state index is 0.0204. The fourth-order valence-corrected chi connectivity index (χ4v) is 8.40. The summed E-state index contributed by atoms with van der Waals surface area (Å²) in [6.45, 7) is 4.92. The zero-order valence-corrected chi connectivity index (χ0v) is 40.5. The maximum absolute atomic E-state index is 12.5. The molecule has 0 aliphatic rings. The molecular weight excluding hydrogens is 743 g/mol. The summed E-state index contributed by atoms with van der Waals surface area (Å²) in [6.07, 6.45) is 57.5. The van der Waals surface area contributed by atoms with E-state index in [1.165, 1.54) is 205 Å². The average molecular weight is 848 g/mol. The summed E-state index contributed by atoms with van der Waals surface area (Å²) >= 11 is 0. The first-order valence-corrected chi connectivity index (χ1v) is 26.9. The molecule has 0 fully saturated rings. The van der Waals surface area contributed by atoms with E-state index in [0.29, 0.717) is 25.9 Å². The van der Waals surface area contributed by atoms with Crippen molar-refractivity contribution in [2.24, 2.45) is 0 Å². The Kier molecular flexibility index (Phi) is 49.1. The van der Waals surface area contributed by atoms with Gasteiger partial charge in [0.15, 0.2) is 0 Å². The number of nitrogens with one attached hydrogen (secondary N) is 1. The monoisotopic (exact) mass is 848 g/mol. The average Bonchev–Trinajstić information content (AvgIpc) is 3.25. The van der Waals surface area contributed by atoms with Crippen LogP contribution in [0.4, 0.5) is 0 Å². The second kappa shape index (κ2) is 50.2. The van der Waals surface area contributed by atoms with Crippen LogP contribution in [-0.2, 0) is 14.3 Å². The molecule has 356 valence electrons. The Morgan fingerprint density at radius 3 is 1.18 bits per heavy atom. The van der Waals surface area contributed by atoms with Gasteiger partial charge < -0.3 is 20.3 Å². The van der Waals surface area contributed by atoms with Gasteiger partial charge in [-0.1, -0.05) is 244 Å². The first-order valence-electron chi connectivity index (χ1n) is 26.9. The number of carbonyl (C=O) groups excluding carboxylic acids is 2. The molecule has 0 aliphatic carbocycles. The van der Waals surface area contributed by atoms with Gasteiger partial charge in [0.05, 0.1) is 25.4 Å². The Morgan fingerprint density at radius 1 is 0.450 bits per heavy atom. The number of aliphatic hydroxyl groups excluding tert-OH is 2. The number of ether oxygens (including phenoxy) is 1. The van der Waals surface area contributed by atoms with Crippen molar-refractivity contribution in [3.05, 3.63) is 12.2 Å². The highest BCUT2D eigenvalue weighted by molar-refractivity contribution is 5.76. The third-order valence-corrected chi connectivity index (χ3v) is 12.6. The lowest BCUT2D eigenvalue weighted by atomic mass is 10.0. The van der Waals surface area contributed by atoms with Crippen molar-refractivity contribution in [1.82, 2.24) is 5.32 Å². The standard InChI is InChI=1S/C54H105NO5/c1-3-5-7-9-11-13-15-17-19-21-23-26-30-34-38-42-46-52(57)51(50-56)55-53(58)47-43-39-35-31-27-25-29-33-37-41-45-49-60-54(59)48-44-40-36-32-28-24-22-20-18-16-14-12-10-8-6-4-2/h20,22,51-52,56-57H,3-19,21,23-50H2,1-2H3,(H,55,58)/b22-20-. The smallest absolute Gasteiger partial charge is 0.305 e.